The molecule has 1 aromatic heterocycles. The number of nitrogens with one attached hydrogen (secondary N) is 1. The van der Waals surface area contributed by atoms with Gasteiger partial charge in [0.1, 0.15) is 5.56 Å². The van der Waals surface area contributed by atoms with Gasteiger partial charge in [0.05, 0.1) is 17.2 Å². The van der Waals surface area contributed by atoms with Crippen molar-refractivity contribution in [3.05, 3.63) is 64.3 Å². The SMILES string of the molecule is COc1c(Cl)ccc(Cl)c1C(=O)NCCn1ccc2ccccc21. The van der Waals surface area contributed by atoms with Gasteiger partial charge in [-0.3, -0.25) is 4.79 Å². The molecule has 24 heavy (non-hydrogen) atoms. The molecule has 0 saturated carbocycles. The number of fused-ring (bicyclic) bond motifs is 1. The first-order valence-electron chi connectivity index (χ1n) is 7.46. The molecule has 1 amide bonds. The van der Waals surface area contributed by atoms with Gasteiger partial charge in [0.25, 0.3) is 5.91 Å². The van der Waals surface area contributed by atoms with E-state index < -0.39 is 0 Å². The predicted octanol–water partition coefficient (Wildman–Crippen LogP) is 4.39. The van der Waals surface area contributed by atoms with Crippen LogP contribution in [-0.4, -0.2) is 24.1 Å². The summed E-state index contributed by atoms with van der Waals surface area (Å²) in [6, 6.07) is 13.3. The second-order valence-corrected chi connectivity index (χ2v) is 6.08. The highest BCUT2D eigenvalue weighted by atomic mass is 35.5. The standard InChI is InChI=1S/C18H16Cl2N2O2/c1-24-17-14(20)7-6-13(19)16(17)18(23)21-9-11-22-10-8-12-4-2-3-5-15(12)22/h2-8,10H,9,11H2,1H3,(H,21,23). The minimum atomic E-state index is -0.309. The normalized spacial score (nSPS) is 10.8. The number of nitrogens with zero attached hydrogens (tertiary/aromatic N) is 1. The number of amides is 1. The van der Waals surface area contributed by atoms with Gasteiger partial charge < -0.3 is 14.6 Å². The first-order valence-corrected chi connectivity index (χ1v) is 8.21. The topological polar surface area (TPSA) is 43.3 Å². The molecule has 0 spiro atoms. The van der Waals surface area contributed by atoms with Crippen LogP contribution in [0.5, 0.6) is 5.75 Å². The number of hydrogen-bond donors (Lipinski definition) is 1. The van der Waals surface area contributed by atoms with Crippen molar-refractivity contribution in [2.24, 2.45) is 0 Å². The van der Waals surface area contributed by atoms with E-state index in [4.69, 9.17) is 27.9 Å². The second kappa shape index (κ2) is 7.16. The zero-order valence-corrected chi connectivity index (χ0v) is 14.6. The third-order valence-corrected chi connectivity index (χ3v) is 4.42. The maximum absolute atomic E-state index is 12.4. The van der Waals surface area contributed by atoms with Crippen molar-refractivity contribution in [1.82, 2.24) is 9.88 Å². The molecule has 2 aromatic carbocycles. The summed E-state index contributed by atoms with van der Waals surface area (Å²) < 4.78 is 7.30. The summed E-state index contributed by atoms with van der Waals surface area (Å²) in [5.41, 5.74) is 1.38. The smallest absolute Gasteiger partial charge is 0.256 e. The molecular weight excluding hydrogens is 347 g/mol. The van der Waals surface area contributed by atoms with Crippen molar-refractivity contribution in [1.29, 1.82) is 0 Å². The summed E-state index contributed by atoms with van der Waals surface area (Å²) in [6.45, 7) is 1.11. The van der Waals surface area contributed by atoms with Crippen molar-refractivity contribution in [2.45, 2.75) is 6.54 Å². The molecule has 0 aliphatic rings. The number of methoxy groups -OCH3 is 1. The zero-order valence-electron chi connectivity index (χ0n) is 13.1. The molecule has 0 atom stereocenters. The van der Waals surface area contributed by atoms with E-state index in [-0.39, 0.29) is 17.2 Å². The average Bonchev–Trinajstić information content (AvgIpc) is 3.00. The Bertz CT molecular complexity index is 890. The molecule has 0 radical (unpaired) electrons. The van der Waals surface area contributed by atoms with Gasteiger partial charge in [0.2, 0.25) is 0 Å². The Balaban J connectivity index is 1.71. The molecule has 3 rings (SSSR count). The van der Waals surface area contributed by atoms with E-state index in [1.807, 2.05) is 30.5 Å². The van der Waals surface area contributed by atoms with Crippen molar-refractivity contribution >= 4 is 40.0 Å². The van der Waals surface area contributed by atoms with Gasteiger partial charge in [0.15, 0.2) is 5.75 Å². The number of para-hydroxylation sites is 1. The molecule has 124 valence electrons. The van der Waals surface area contributed by atoms with Gasteiger partial charge in [-0.15, -0.1) is 0 Å². The molecule has 1 heterocycles. The lowest BCUT2D eigenvalue weighted by molar-refractivity contribution is 0.0949. The highest BCUT2D eigenvalue weighted by Gasteiger charge is 2.19. The number of hydrogen-bond acceptors (Lipinski definition) is 2. The minimum Gasteiger partial charge on any atom is -0.494 e. The lowest BCUT2D eigenvalue weighted by atomic mass is 10.2. The van der Waals surface area contributed by atoms with Gasteiger partial charge in [-0.05, 0) is 29.7 Å². The quantitative estimate of drug-likeness (QED) is 0.731. The number of halogens is 2. The van der Waals surface area contributed by atoms with Crippen LogP contribution in [0.4, 0.5) is 0 Å². The lowest BCUT2D eigenvalue weighted by Crippen LogP contribution is -2.27. The molecule has 0 unspecified atom stereocenters. The van der Waals surface area contributed by atoms with Gasteiger partial charge in [-0.2, -0.15) is 0 Å². The van der Waals surface area contributed by atoms with E-state index in [0.717, 1.165) is 5.52 Å². The maximum atomic E-state index is 12.4. The predicted molar refractivity (Wildman–Crippen MR) is 97.3 cm³/mol. The number of ether oxygens (including phenoxy) is 1. The number of benzene rings is 2. The number of rotatable bonds is 5. The molecule has 1 N–H and O–H groups in total. The van der Waals surface area contributed by atoms with Crippen LogP contribution in [0, 0.1) is 0 Å². The van der Waals surface area contributed by atoms with Crippen LogP contribution in [0.3, 0.4) is 0 Å². The largest absolute Gasteiger partial charge is 0.494 e. The Kier molecular flexibility index (Phi) is 4.97. The zero-order chi connectivity index (χ0) is 17.1. The minimum absolute atomic E-state index is 0.254. The molecule has 3 aromatic rings. The van der Waals surface area contributed by atoms with Gasteiger partial charge in [0, 0.05) is 24.8 Å². The molecular formula is C18H16Cl2N2O2. The monoisotopic (exact) mass is 362 g/mol. The van der Waals surface area contributed by atoms with Gasteiger partial charge >= 0.3 is 0 Å². The van der Waals surface area contributed by atoms with Crippen LogP contribution >= 0.6 is 23.2 Å². The van der Waals surface area contributed by atoms with Crippen molar-refractivity contribution in [2.75, 3.05) is 13.7 Å². The number of aromatic nitrogens is 1. The van der Waals surface area contributed by atoms with Crippen LogP contribution in [0.1, 0.15) is 10.4 Å². The van der Waals surface area contributed by atoms with E-state index in [9.17, 15) is 4.79 Å². The van der Waals surface area contributed by atoms with E-state index >= 15 is 0 Å². The third-order valence-electron chi connectivity index (χ3n) is 3.81. The average molecular weight is 363 g/mol. The summed E-state index contributed by atoms with van der Waals surface area (Å²) in [4.78, 5) is 12.4. The van der Waals surface area contributed by atoms with Crippen molar-refractivity contribution < 1.29 is 9.53 Å². The highest BCUT2D eigenvalue weighted by molar-refractivity contribution is 6.37. The van der Waals surface area contributed by atoms with Crippen LogP contribution < -0.4 is 10.1 Å². The lowest BCUT2D eigenvalue weighted by Gasteiger charge is -2.13. The summed E-state index contributed by atoms with van der Waals surface area (Å²) >= 11 is 12.2. The Labute approximate surface area is 149 Å². The Morgan fingerprint density at radius 3 is 2.67 bits per heavy atom. The molecule has 4 nitrogen and oxygen atoms in total. The number of carbonyl (C=O) groups excluding carboxylic acids is 1. The van der Waals surface area contributed by atoms with E-state index in [0.29, 0.717) is 23.1 Å². The first kappa shape index (κ1) is 16.7. The van der Waals surface area contributed by atoms with E-state index in [1.165, 1.54) is 12.5 Å². The molecule has 0 aliphatic carbocycles. The van der Waals surface area contributed by atoms with Crippen LogP contribution in [0.2, 0.25) is 10.0 Å². The van der Waals surface area contributed by atoms with E-state index in [1.54, 1.807) is 12.1 Å². The van der Waals surface area contributed by atoms with Crippen LogP contribution in [-0.2, 0) is 6.54 Å². The van der Waals surface area contributed by atoms with Gasteiger partial charge in [-0.25, -0.2) is 0 Å². The van der Waals surface area contributed by atoms with Crippen LogP contribution in [0.15, 0.2) is 48.7 Å². The highest BCUT2D eigenvalue weighted by Crippen LogP contribution is 2.33. The Morgan fingerprint density at radius 2 is 1.88 bits per heavy atom. The van der Waals surface area contributed by atoms with E-state index in [2.05, 4.69) is 16.0 Å². The maximum Gasteiger partial charge on any atom is 0.256 e. The summed E-state index contributed by atoms with van der Waals surface area (Å²) in [6.07, 6.45) is 2.00. The summed E-state index contributed by atoms with van der Waals surface area (Å²) in [7, 11) is 1.46. The molecule has 0 aliphatic heterocycles. The number of carbonyl (C=O) groups is 1. The second-order valence-electron chi connectivity index (χ2n) is 5.26. The summed E-state index contributed by atoms with van der Waals surface area (Å²) in [5, 5.41) is 4.69. The van der Waals surface area contributed by atoms with Crippen molar-refractivity contribution in [3.8, 4) is 5.75 Å². The van der Waals surface area contributed by atoms with Crippen molar-refractivity contribution in [3.63, 3.8) is 0 Å². The van der Waals surface area contributed by atoms with Gasteiger partial charge in [-0.1, -0.05) is 41.4 Å². The molecule has 6 heteroatoms. The first-order chi connectivity index (χ1) is 11.6. The molecule has 0 bridgehead atoms. The fourth-order valence-electron chi connectivity index (χ4n) is 2.66. The fourth-order valence-corrected chi connectivity index (χ4v) is 3.13. The Morgan fingerprint density at radius 1 is 1.12 bits per heavy atom. The van der Waals surface area contributed by atoms with Crippen LogP contribution in [0.25, 0.3) is 10.9 Å². The molecule has 0 saturated heterocycles. The molecule has 0 fully saturated rings. The third kappa shape index (κ3) is 3.21. The fraction of sp³-hybridized carbons (Fsp3) is 0.167. The summed E-state index contributed by atoms with van der Waals surface area (Å²) in [5.74, 6) is -0.0242. The Hall–Kier alpha value is -2.17.